The average Bonchev–Trinajstić information content (AvgIpc) is 2.81. The zero-order valence-electron chi connectivity index (χ0n) is 11.0. The van der Waals surface area contributed by atoms with Crippen molar-refractivity contribution in [2.75, 3.05) is 6.61 Å². The van der Waals surface area contributed by atoms with Gasteiger partial charge in [-0.05, 0) is 27.7 Å². The molecule has 0 aromatic rings. The molecule has 3 aliphatic rings. The van der Waals surface area contributed by atoms with Gasteiger partial charge in [0.25, 0.3) is 0 Å². The van der Waals surface area contributed by atoms with Gasteiger partial charge < -0.3 is 23.7 Å². The molecule has 4 atom stereocenters. The second-order valence-electron chi connectivity index (χ2n) is 5.75. The number of fused-ring (bicyclic) bond motifs is 1. The minimum atomic E-state index is -0.776. The van der Waals surface area contributed by atoms with E-state index in [1.54, 1.807) is 13.8 Å². The standard InChI is InChI=1S/C12H18O6/c1-11(2)14-5-6(16-11)8-7(13)9-10(15-8)18-12(3,4)17-9/h6,8-10H,5H2,1-4H3/t6-,8-,9-,10-/m1/s1. The third kappa shape index (κ3) is 1.98. The van der Waals surface area contributed by atoms with Crippen LogP contribution in [-0.4, -0.2) is 48.6 Å². The zero-order valence-corrected chi connectivity index (χ0v) is 11.0. The first-order chi connectivity index (χ1) is 8.27. The van der Waals surface area contributed by atoms with Gasteiger partial charge in [-0.25, -0.2) is 0 Å². The lowest BCUT2D eigenvalue weighted by Crippen LogP contribution is -2.39. The quantitative estimate of drug-likeness (QED) is 0.685. The lowest BCUT2D eigenvalue weighted by molar-refractivity contribution is -0.219. The molecule has 3 aliphatic heterocycles. The van der Waals surface area contributed by atoms with Crippen LogP contribution in [0.15, 0.2) is 0 Å². The summed E-state index contributed by atoms with van der Waals surface area (Å²) in [6.45, 7) is 7.48. The molecule has 0 aromatic carbocycles. The van der Waals surface area contributed by atoms with Gasteiger partial charge in [0.2, 0.25) is 0 Å². The number of rotatable bonds is 1. The SMILES string of the molecule is CC1(C)O[C@H]2O[C@H]([C@H]3COC(C)(C)O3)C(=O)[C@H]2O1. The van der Waals surface area contributed by atoms with E-state index in [1.807, 2.05) is 13.8 Å². The maximum Gasteiger partial charge on any atom is 0.198 e. The van der Waals surface area contributed by atoms with Crippen LogP contribution in [-0.2, 0) is 28.5 Å². The van der Waals surface area contributed by atoms with Crippen molar-refractivity contribution < 1.29 is 28.5 Å². The summed E-state index contributed by atoms with van der Waals surface area (Å²) < 4.78 is 27.7. The van der Waals surface area contributed by atoms with Crippen LogP contribution in [0.4, 0.5) is 0 Å². The van der Waals surface area contributed by atoms with Crippen LogP contribution in [0.5, 0.6) is 0 Å². The second kappa shape index (κ2) is 3.74. The highest BCUT2D eigenvalue weighted by atomic mass is 16.8. The fourth-order valence-electron chi connectivity index (χ4n) is 2.53. The summed E-state index contributed by atoms with van der Waals surface area (Å²) in [5.74, 6) is -1.58. The van der Waals surface area contributed by atoms with Crippen molar-refractivity contribution >= 4 is 5.78 Å². The molecule has 3 fully saturated rings. The van der Waals surface area contributed by atoms with Gasteiger partial charge in [-0.1, -0.05) is 0 Å². The highest BCUT2D eigenvalue weighted by Gasteiger charge is 2.57. The number of carbonyl (C=O) groups is 1. The fourth-order valence-corrected chi connectivity index (χ4v) is 2.53. The molecule has 6 heteroatoms. The van der Waals surface area contributed by atoms with Crippen molar-refractivity contribution in [3.05, 3.63) is 0 Å². The minimum absolute atomic E-state index is 0.128. The van der Waals surface area contributed by atoms with Crippen molar-refractivity contribution in [2.24, 2.45) is 0 Å². The van der Waals surface area contributed by atoms with Crippen LogP contribution in [0.25, 0.3) is 0 Å². The normalized spacial score (nSPS) is 45.4. The van der Waals surface area contributed by atoms with Crippen LogP contribution in [0.2, 0.25) is 0 Å². The number of ketones is 1. The molecular weight excluding hydrogens is 240 g/mol. The molecule has 0 aliphatic carbocycles. The fraction of sp³-hybridized carbons (Fsp3) is 0.917. The third-order valence-corrected chi connectivity index (χ3v) is 3.27. The summed E-state index contributed by atoms with van der Waals surface area (Å²) in [4.78, 5) is 12.2. The summed E-state index contributed by atoms with van der Waals surface area (Å²) in [6.07, 6.45) is -2.35. The lowest BCUT2D eigenvalue weighted by Gasteiger charge is -2.23. The molecular formula is C12H18O6. The smallest absolute Gasteiger partial charge is 0.198 e. The Bertz CT molecular complexity index is 377. The number of hydrogen-bond acceptors (Lipinski definition) is 6. The summed E-state index contributed by atoms with van der Waals surface area (Å²) in [5, 5.41) is 0. The molecule has 3 heterocycles. The maximum atomic E-state index is 12.2. The maximum absolute atomic E-state index is 12.2. The Balaban J connectivity index is 1.70. The van der Waals surface area contributed by atoms with Gasteiger partial charge in [-0.2, -0.15) is 0 Å². The van der Waals surface area contributed by atoms with Gasteiger partial charge in [-0.3, -0.25) is 4.79 Å². The van der Waals surface area contributed by atoms with Gasteiger partial charge >= 0.3 is 0 Å². The molecule has 0 bridgehead atoms. The Labute approximate surface area is 105 Å². The summed E-state index contributed by atoms with van der Waals surface area (Å²) >= 11 is 0. The lowest BCUT2D eigenvalue weighted by atomic mass is 10.1. The molecule has 3 saturated heterocycles. The average molecular weight is 258 g/mol. The Morgan fingerprint density at radius 2 is 1.72 bits per heavy atom. The van der Waals surface area contributed by atoms with Crippen molar-refractivity contribution in [1.29, 1.82) is 0 Å². The van der Waals surface area contributed by atoms with E-state index in [1.165, 1.54) is 0 Å². The van der Waals surface area contributed by atoms with Gasteiger partial charge in [0, 0.05) is 0 Å². The first-order valence-corrected chi connectivity index (χ1v) is 6.14. The summed E-state index contributed by atoms with van der Waals surface area (Å²) in [5.41, 5.74) is 0. The Morgan fingerprint density at radius 1 is 1.00 bits per heavy atom. The molecule has 0 spiro atoms. The van der Waals surface area contributed by atoms with E-state index >= 15 is 0 Å². The van der Waals surface area contributed by atoms with E-state index in [2.05, 4.69) is 0 Å². The van der Waals surface area contributed by atoms with E-state index in [4.69, 9.17) is 23.7 Å². The first kappa shape index (κ1) is 12.5. The van der Waals surface area contributed by atoms with E-state index in [0.717, 1.165) is 0 Å². The number of carbonyl (C=O) groups excluding carboxylic acids is 1. The van der Waals surface area contributed by atoms with Gasteiger partial charge in [0.1, 0.15) is 6.10 Å². The monoisotopic (exact) mass is 258 g/mol. The van der Waals surface area contributed by atoms with E-state index in [-0.39, 0.29) is 5.78 Å². The molecule has 18 heavy (non-hydrogen) atoms. The highest BCUT2D eigenvalue weighted by molar-refractivity contribution is 5.90. The largest absolute Gasteiger partial charge is 0.348 e. The van der Waals surface area contributed by atoms with Crippen LogP contribution < -0.4 is 0 Å². The van der Waals surface area contributed by atoms with Crippen molar-refractivity contribution in [3.8, 4) is 0 Å². The first-order valence-electron chi connectivity index (χ1n) is 6.14. The Morgan fingerprint density at radius 3 is 2.28 bits per heavy atom. The van der Waals surface area contributed by atoms with Crippen molar-refractivity contribution in [1.82, 2.24) is 0 Å². The van der Waals surface area contributed by atoms with Crippen LogP contribution in [0.1, 0.15) is 27.7 Å². The van der Waals surface area contributed by atoms with Gasteiger partial charge in [0.15, 0.2) is 35.9 Å². The number of Topliss-reactive ketones (excluding diaryl/α,β-unsaturated/α-hetero) is 1. The zero-order chi connectivity index (χ0) is 13.1. The molecule has 0 aromatic heterocycles. The number of hydrogen-bond donors (Lipinski definition) is 0. The molecule has 0 saturated carbocycles. The summed E-state index contributed by atoms with van der Waals surface area (Å²) in [6, 6.07) is 0. The van der Waals surface area contributed by atoms with Crippen molar-refractivity contribution in [2.45, 2.75) is 63.9 Å². The van der Waals surface area contributed by atoms with E-state index in [0.29, 0.717) is 6.61 Å². The predicted molar refractivity (Wildman–Crippen MR) is 58.6 cm³/mol. The number of ether oxygens (including phenoxy) is 5. The highest BCUT2D eigenvalue weighted by Crippen LogP contribution is 2.38. The predicted octanol–water partition coefficient (Wildman–Crippen LogP) is 0.583. The molecule has 0 unspecified atom stereocenters. The third-order valence-electron chi connectivity index (χ3n) is 3.27. The molecule has 102 valence electrons. The summed E-state index contributed by atoms with van der Waals surface area (Å²) in [7, 11) is 0. The van der Waals surface area contributed by atoms with Crippen LogP contribution in [0, 0.1) is 0 Å². The van der Waals surface area contributed by atoms with Crippen LogP contribution in [0.3, 0.4) is 0 Å². The topological polar surface area (TPSA) is 63.2 Å². The van der Waals surface area contributed by atoms with Crippen LogP contribution >= 0.6 is 0 Å². The Kier molecular flexibility index (Phi) is 2.60. The molecule has 0 amide bonds. The van der Waals surface area contributed by atoms with Crippen molar-refractivity contribution in [3.63, 3.8) is 0 Å². The second-order valence-corrected chi connectivity index (χ2v) is 5.75. The minimum Gasteiger partial charge on any atom is -0.348 e. The Hall–Kier alpha value is -0.530. The van der Waals surface area contributed by atoms with Gasteiger partial charge in [-0.15, -0.1) is 0 Å². The van der Waals surface area contributed by atoms with E-state index in [9.17, 15) is 4.79 Å². The molecule has 6 nitrogen and oxygen atoms in total. The molecule has 3 rings (SSSR count). The molecule has 0 radical (unpaired) electrons. The van der Waals surface area contributed by atoms with E-state index < -0.39 is 36.2 Å². The van der Waals surface area contributed by atoms with Gasteiger partial charge in [0.05, 0.1) is 6.61 Å². The molecule has 0 N–H and O–H groups in total.